The molecule has 0 fully saturated rings. The summed E-state index contributed by atoms with van der Waals surface area (Å²) in [7, 11) is -2.39. The number of benzene rings is 1. The number of aromatic amines is 2. The number of carbonyl (C=O) groups excluding carboxylic acids is 5. The normalized spacial score (nSPS) is 12.8. The van der Waals surface area contributed by atoms with E-state index in [0.29, 0.717) is 45.6 Å². The molecule has 17 heteroatoms. The number of aldehydes is 1. The van der Waals surface area contributed by atoms with Crippen LogP contribution in [-0.2, 0) is 29.1 Å². The number of hydrogen-bond donors (Lipinski definition) is 7. The van der Waals surface area contributed by atoms with Crippen LogP contribution >= 0.6 is 0 Å². The Morgan fingerprint density at radius 3 is 2.09 bits per heavy atom. The maximum absolute atomic E-state index is 12.4. The second-order valence-corrected chi connectivity index (χ2v) is 11.5. The first-order valence-electron chi connectivity index (χ1n) is 13.6. The molecule has 0 spiro atoms. The third kappa shape index (κ3) is 8.13. The molecule has 0 atom stereocenters. The Bertz CT molecular complexity index is 1840. The Labute approximate surface area is 263 Å². The van der Waals surface area contributed by atoms with Crippen LogP contribution in [0, 0.1) is 13.8 Å². The Kier molecular flexibility index (Phi) is 11.4. The molecule has 46 heavy (non-hydrogen) atoms. The summed E-state index contributed by atoms with van der Waals surface area (Å²) in [6.45, 7) is 4.55. The molecule has 0 radical (unpaired) electrons. The maximum atomic E-state index is 12.4. The van der Waals surface area contributed by atoms with E-state index in [9.17, 15) is 37.2 Å². The van der Waals surface area contributed by atoms with Gasteiger partial charge in [0.15, 0.2) is 6.29 Å². The molecule has 0 saturated heterocycles. The topological polar surface area (TPSA) is 246 Å². The summed E-state index contributed by atoms with van der Waals surface area (Å²) < 4.78 is 31.0. The van der Waals surface area contributed by atoms with Crippen molar-refractivity contribution in [1.29, 1.82) is 0 Å². The number of aliphatic carboxylic acids is 1. The molecular formula is C29H32N6O10S. The van der Waals surface area contributed by atoms with Gasteiger partial charge in [-0.25, -0.2) is 13.1 Å². The molecule has 244 valence electrons. The number of carboxylic acids is 1. The van der Waals surface area contributed by atoms with Crippen molar-refractivity contribution in [3.05, 3.63) is 69.8 Å². The lowest BCUT2D eigenvalue weighted by Crippen LogP contribution is -2.30. The molecule has 0 saturated carbocycles. The standard InChI is InChI=1S/C18H18N4O6S.C11H14N2O4/c1-9-13(17(25)21-8-16(23)24)7-20-15(9)6-12-11-5-10(29(27,28)19-2)3-4-14(11)22-18(12)26;1-3-17-10(15)5-13-11(16)8-4-12-9(6-14)7(8)2/h3-7,19-20H,8H2,1-2H3,(H,21,25)(H,22,26)(H,23,24);4,6,12H,3,5H2,1-2H3,(H,13,16). The van der Waals surface area contributed by atoms with E-state index in [0.717, 1.165) is 0 Å². The number of rotatable bonds is 11. The number of sulfonamides is 1. The fourth-order valence-electron chi connectivity index (χ4n) is 4.22. The van der Waals surface area contributed by atoms with Crippen LogP contribution < -0.4 is 20.7 Å². The zero-order valence-corrected chi connectivity index (χ0v) is 26.0. The molecule has 16 nitrogen and oxygen atoms in total. The fourth-order valence-corrected chi connectivity index (χ4v) is 4.97. The Morgan fingerprint density at radius 2 is 1.54 bits per heavy atom. The number of carbonyl (C=O) groups is 6. The van der Waals surface area contributed by atoms with Crippen molar-refractivity contribution in [1.82, 2.24) is 25.3 Å². The van der Waals surface area contributed by atoms with Gasteiger partial charge in [-0.05, 0) is 63.2 Å². The second kappa shape index (κ2) is 15.0. The lowest BCUT2D eigenvalue weighted by Gasteiger charge is -2.05. The predicted molar refractivity (Wildman–Crippen MR) is 165 cm³/mol. The molecular weight excluding hydrogens is 624 g/mol. The summed E-state index contributed by atoms with van der Waals surface area (Å²) in [5.74, 6) is -3.06. The molecule has 1 aliphatic rings. The molecule has 3 aromatic rings. The van der Waals surface area contributed by atoms with Crippen molar-refractivity contribution in [2.45, 2.75) is 25.7 Å². The van der Waals surface area contributed by atoms with E-state index in [2.05, 4.69) is 35.4 Å². The van der Waals surface area contributed by atoms with Gasteiger partial charge in [0.05, 0.1) is 33.9 Å². The number of carboxylic acid groups (broad SMARTS) is 1. The van der Waals surface area contributed by atoms with Crippen LogP contribution in [0.4, 0.5) is 5.69 Å². The van der Waals surface area contributed by atoms with Crippen molar-refractivity contribution in [2.24, 2.45) is 0 Å². The van der Waals surface area contributed by atoms with Crippen molar-refractivity contribution in [3.63, 3.8) is 0 Å². The molecule has 4 rings (SSSR count). The van der Waals surface area contributed by atoms with Crippen LogP contribution in [0.3, 0.4) is 0 Å². The minimum atomic E-state index is -3.69. The average molecular weight is 657 g/mol. The maximum Gasteiger partial charge on any atom is 0.325 e. The van der Waals surface area contributed by atoms with E-state index in [-0.39, 0.29) is 29.2 Å². The van der Waals surface area contributed by atoms with E-state index >= 15 is 0 Å². The minimum absolute atomic E-state index is 0.0121. The summed E-state index contributed by atoms with van der Waals surface area (Å²) >= 11 is 0. The Morgan fingerprint density at radius 1 is 0.957 bits per heavy atom. The first kappa shape index (κ1) is 34.9. The Hall–Kier alpha value is -5.55. The number of fused-ring (bicyclic) bond motifs is 1. The molecule has 3 heterocycles. The smallest absolute Gasteiger partial charge is 0.325 e. The molecule has 3 amide bonds. The van der Waals surface area contributed by atoms with Gasteiger partial charge in [-0.3, -0.25) is 28.8 Å². The van der Waals surface area contributed by atoms with Gasteiger partial charge in [-0.2, -0.15) is 0 Å². The number of anilines is 1. The third-order valence-corrected chi connectivity index (χ3v) is 8.12. The van der Waals surface area contributed by atoms with Crippen molar-refractivity contribution in [3.8, 4) is 0 Å². The summed E-state index contributed by atoms with van der Waals surface area (Å²) in [5, 5.41) is 16.0. The number of ether oxygens (including phenoxy) is 1. The van der Waals surface area contributed by atoms with Crippen LogP contribution in [0.2, 0.25) is 0 Å². The molecule has 0 aliphatic carbocycles. The van der Waals surface area contributed by atoms with Crippen LogP contribution in [-0.4, -0.2) is 86.2 Å². The SMILES string of the molecule is CCOC(=O)CNC(=O)c1c[nH]c(C=O)c1C.CNS(=O)(=O)c1ccc2c(c1)C(=Cc1[nH]cc(C(=O)NCC(=O)O)c1C)C(=O)N2. The number of hydrogen-bond acceptors (Lipinski definition) is 9. The highest BCUT2D eigenvalue weighted by Gasteiger charge is 2.27. The summed E-state index contributed by atoms with van der Waals surface area (Å²) in [6.07, 6.45) is 4.99. The van der Waals surface area contributed by atoms with Gasteiger partial charge in [0.1, 0.15) is 13.1 Å². The van der Waals surface area contributed by atoms with Crippen LogP contribution in [0.15, 0.2) is 35.5 Å². The Balaban J connectivity index is 0.000000289. The quantitative estimate of drug-likeness (QED) is 0.0875. The first-order valence-corrected chi connectivity index (χ1v) is 15.1. The van der Waals surface area contributed by atoms with E-state index in [1.54, 1.807) is 20.8 Å². The minimum Gasteiger partial charge on any atom is -0.480 e. The zero-order valence-electron chi connectivity index (χ0n) is 25.2. The summed E-state index contributed by atoms with van der Waals surface area (Å²) in [6, 6.07) is 4.28. The second-order valence-electron chi connectivity index (χ2n) is 9.59. The number of esters is 1. The van der Waals surface area contributed by atoms with Crippen LogP contribution in [0.25, 0.3) is 11.6 Å². The lowest BCUT2D eigenvalue weighted by atomic mass is 10.0. The van der Waals surface area contributed by atoms with Crippen molar-refractivity contribution < 1.29 is 47.0 Å². The lowest BCUT2D eigenvalue weighted by molar-refractivity contribution is -0.142. The van der Waals surface area contributed by atoms with E-state index in [1.807, 2.05) is 0 Å². The number of aromatic nitrogens is 2. The summed E-state index contributed by atoms with van der Waals surface area (Å²) in [4.78, 5) is 73.9. The van der Waals surface area contributed by atoms with Gasteiger partial charge < -0.3 is 35.8 Å². The van der Waals surface area contributed by atoms with Gasteiger partial charge in [-0.1, -0.05) is 0 Å². The molecule has 2 aromatic heterocycles. The third-order valence-electron chi connectivity index (χ3n) is 6.71. The number of nitrogens with one attached hydrogen (secondary N) is 6. The fraction of sp³-hybridized carbons (Fsp3) is 0.241. The molecule has 7 N–H and O–H groups in total. The summed E-state index contributed by atoms with van der Waals surface area (Å²) in [5.41, 5.74) is 3.59. The van der Waals surface area contributed by atoms with Gasteiger partial charge in [-0.15, -0.1) is 0 Å². The number of amides is 3. The molecule has 0 unspecified atom stereocenters. The predicted octanol–water partition coefficient (Wildman–Crippen LogP) is 0.967. The van der Waals surface area contributed by atoms with Crippen molar-refractivity contribution >= 4 is 63.3 Å². The largest absolute Gasteiger partial charge is 0.480 e. The van der Waals surface area contributed by atoms with E-state index in [1.165, 1.54) is 43.7 Å². The van der Waals surface area contributed by atoms with E-state index < -0.39 is 46.2 Å². The number of H-pyrrole nitrogens is 2. The van der Waals surface area contributed by atoms with Crippen LogP contribution in [0.5, 0.6) is 0 Å². The average Bonchev–Trinajstić information content (AvgIpc) is 3.68. The highest BCUT2D eigenvalue weighted by atomic mass is 32.2. The van der Waals surface area contributed by atoms with Gasteiger partial charge in [0.2, 0.25) is 10.0 Å². The van der Waals surface area contributed by atoms with Gasteiger partial charge in [0, 0.05) is 29.3 Å². The van der Waals surface area contributed by atoms with E-state index in [4.69, 9.17) is 5.11 Å². The molecule has 1 aliphatic heterocycles. The van der Waals surface area contributed by atoms with Gasteiger partial charge >= 0.3 is 11.9 Å². The first-order chi connectivity index (χ1) is 21.7. The van der Waals surface area contributed by atoms with Gasteiger partial charge in [0.25, 0.3) is 17.7 Å². The van der Waals surface area contributed by atoms with Crippen molar-refractivity contribution in [2.75, 3.05) is 32.1 Å². The van der Waals surface area contributed by atoms with Crippen LogP contribution in [0.1, 0.15) is 60.5 Å². The highest BCUT2D eigenvalue weighted by Crippen LogP contribution is 2.35. The molecule has 0 bridgehead atoms. The highest BCUT2D eigenvalue weighted by molar-refractivity contribution is 7.89. The zero-order chi connectivity index (χ0) is 34.2. The monoisotopic (exact) mass is 656 g/mol. The molecule has 1 aromatic carbocycles.